The van der Waals surface area contributed by atoms with Gasteiger partial charge in [-0.05, 0) is 12.1 Å². The Morgan fingerprint density at radius 3 is 2.68 bits per heavy atom. The molecule has 3 rings (SSSR count). The van der Waals surface area contributed by atoms with E-state index in [4.69, 9.17) is 10.5 Å². The molecule has 1 aromatic heterocycles. The van der Waals surface area contributed by atoms with E-state index < -0.39 is 0 Å². The van der Waals surface area contributed by atoms with Crippen molar-refractivity contribution in [3.05, 3.63) is 48.5 Å². The van der Waals surface area contributed by atoms with Gasteiger partial charge in [0.15, 0.2) is 0 Å². The summed E-state index contributed by atoms with van der Waals surface area (Å²) in [5, 5.41) is 1.01. The summed E-state index contributed by atoms with van der Waals surface area (Å²) in [5.41, 5.74) is 7.52. The molecule has 0 atom stereocenters. The maximum absolute atomic E-state index is 5.64. The van der Waals surface area contributed by atoms with Crippen LogP contribution in [0.1, 0.15) is 0 Å². The van der Waals surface area contributed by atoms with Crippen LogP contribution in [0.4, 0.5) is 0 Å². The van der Waals surface area contributed by atoms with E-state index in [-0.39, 0.29) is 0 Å². The molecule has 3 aromatic rings. The first-order valence-electron chi connectivity index (χ1n) is 6.16. The number of fused-ring (bicyclic) bond motifs is 1. The number of hydrogen-bond donors (Lipinski definition) is 1. The molecule has 0 saturated carbocycles. The number of nitrogens with two attached hydrogens (primary N) is 1. The van der Waals surface area contributed by atoms with Crippen LogP contribution >= 0.6 is 11.3 Å². The van der Waals surface area contributed by atoms with E-state index in [1.807, 2.05) is 30.3 Å². The fourth-order valence-corrected chi connectivity index (χ4v) is 2.90. The van der Waals surface area contributed by atoms with Crippen LogP contribution in [0.3, 0.4) is 0 Å². The Kier molecular flexibility index (Phi) is 3.44. The predicted octanol–water partition coefficient (Wildman–Crippen LogP) is 3.30. The highest BCUT2D eigenvalue weighted by atomic mass is 32.1. The van der Waals surface area contributed by atoms with E-state index in [1.54, 1.807) is 11.3 Å². The first-order chi connectivity index (χ1) is 9.38. The number of rotatable bonds is 4. The third-order valence-corrected chi connectivity index (χ3v) is 3.85. The quantitative estimate of drug-likeness (QED) is 0.791. The molecule has 19 heavy (non-hydrogen) atoms. The Bertz CT molecular complexity index is 679. The zero-order valence-electron chi connectivity index (χ0n) is 10.4. The average Bonchev–Trinajstić information content (AvgIpc) is 2.90. The first kappa shape index (κ1) is 12.1. The predicted molar refractivity (Wildman–Crippen MR) is 79.6 cm³/mol. The van der Waals surface area contributed by atoms with Crippen LogP contribution in [0.5, 0.6) is 5.75 Å². The van der Waals surface area contributed by atoms with Gasteiger partial charge < -0.3 is 10.5 Å². The molecule has 0 aliphatic heterocycles. The molecular formula is C15H14N2OS. The van der Waals surface area contributed by atoms with Crippen LogP contribution in [-0.4, -0.2) is 18.1 Å². The van der Waals surface area contributed by atoms with Gasteiger partial charge in [-0.3, -0.25) is 0 Å². The van der Waals surface area contributed by atoms with Crippen LogP contribution in [0.2, 0.25) is 0 Å². The minimum absolute atomic E-state index is 0.506. The van der Waals surface area contributed by atoms with Crippen molar-refractivity contribution in [2.75, 3.05) is 13.2 Å². The first-order valence-corrected chi connectivity index (χ1v) is 6.98. The van der Waals surface area contributed by atoms with E-state index in [0.717, 1.165) is 26.5 Å². The summed E-state index contributed by atoms with van der Waals surface area (Å²) in [6.45, 7) is 1.02. The monoisotopic (exact) mass is 270 g/mol. The highest BCUT2D eigenvalue weighted by Crippen LogP contribution is 2.34. The van der Waals surface area contributed by atoms with Gasteiger partial charge in [0.25, 0.3) is 0 Å². The van der Waals surface area contributed by atoms with Crippen molar-refractivity contribution < 1.29 is 4.74 Å². The number of thiazole rings is 1. The summed E-state index contributed by atoms with van der Waals surface area (Å²) in [6.07, 6.45) is 0. The van der Waals surface area contributed by atoms with Crippen molar-refractivity contribution in [3.8, 4) is 16.3 Å². The zero-order chi connectivity index (χ0) is 13.1. The van der Waals surface area contributed by atoms with E-state index in [2.05, 4.69) is 23.2 Å². The second kappa shape index (κ2) is 5.38. The lowest BCUT2D eigenvalue weighted by Crippen LogP contribution is -2.10. The SMILES string of the molecule is NCCOc1cccc2sc(-c3ccccc3)nc12. The van der Waals surface area contributed by atoms with Crippen LogP contribution in [0.25, 0.3) is 20.8 Å². The molecule has 0 fully saturated rings. The van der Waals surface area contributed by atoms with Crippen LogP contribution < -0.4 is 10.5 Å². The van der Waals surface area contributed by atoms with Gasteiger partial charge >= 0.3 is 0 Å². The Balaban J connectivity index is 2.05. The van der Waals surface area contributed by atoms with E-state index in [1.165, 1.54) is 0 Å². The van der Waals surface area contributed by atoms with Gasteiger partial charge in [0.05, 0.1) is 4.70 Å². The molecule has 0 amide bonds. The molecule has 3 nitrogen and oxygen atoms in total. The van der Waals surface area contributed by atoms with Crippen molar-refractivity contribution in [1.82, 2.24) is 4.98 Å². The average molecular weight is 270 g/mol. The van der Waals surface area contributed by atoms with Crippen molar-refractivity contribution in [2.24, 2.45) is 5.73 Å². The molecule has 0 aliphatic rings. The molecule has 0 spiro atoms. The molecule has 0 unspecified atom stereocenters. The normalized spacial score (nSPS) is 10.8. The lowest BCUT2D eigenvalue weighted by molar-refractivity contribution is 0.331. The topological polar surface area (TPSA) is 48.1 Å². The molecule has 1 heterocycles. The third kappa shape index (κ3) is 2.45. The number of para-hydroxylation sites is 1. The summed E-state index contributed by atoms with van der Waals surface area (Å²) in [4.78, 5) is 4.69. The lowest BCUT2D eigenvalue weighted by Gasteiger charge is -2.03. The Hall–Kier alpha value is -1.91. The van der Waals surface area contributed by atoms with Gasteiger partial charge in [0.2, 0.25) is 0 Å². The number of aromatic nitrogens is 1. The fraction of sp³-hybridized carbons (Fsp3) is 0.133. The van der Waals surface area contributed by atoms with Gasteiger partial charge in [-0.15, -0.1) is 11.3 Å². The van der Waals surface area contributed by atoms with Crippen LogP contribution in [-0.2, 0) is 0 Å². The smallest absolute Gasteiger partial charge is 0.146 e. The summed E-state index contributed by atoms with van der Waals surface area (Å²) in [7, 11) is 0. The summed E-state index contributed by atoms with van der Waals surface area (Å²) < 4.78 is 6.77. The molecule has 0 radical (unpaired) electrons. The number of ether oxygens (including phenoxy) is 1. The van der Waals surface area contributed by atoms with E-state index in [0.29, 0.717) is 13.2 Å². The largest absolute Gasteiger partial charge is 0.490 e. The van der Waals surface area contributed by atoms with E-state index >= 15 is 0 Å². The Labute approximate surface area is 115 Å². The number of benzene rings is 2. The van der Waals surface area contributed by atoms with Gasteiger partial charge in [-0.25, -0.2) is 4.98 Å². The standard InChI is InChI=1S/C15H14N2OS/c16-9-10-18-12-7-4-8-13-14(12)17-15(19-13)11-5-2-1-3-6-11/h1-8H,9-10,16H2. The van der Waals surface area contributed by atoms with Crippen molar-refractivity contribution in [2.45, 2.75) is 0 Å². The van der Waals surface area contributed by atoms with Gasteiger partial charge in [-0.2, -0.15) is 0 Å². The third-order valence-electron chi connectivity index (χ3n) is 2.78. The molecule has 0 bridgehead atoms. The maximum Gasteiger partial charge on any atom is 0.146 e. The minimum atomic E-state index is 0.506. The van der Waals surface area contributed by atoms with E-state index in [9.17, 15) is 0 Å². The highest BCUT2D eigenvalue weighted by Gasteiger charge is 2.09. The summed E-state index contributed by atoms with van der Waals surface area (Å²) >= 11 is 1.68. The van der Waals surface area contributed by atoms with Crippen molar-refractivity contribution in [3.63, 3.8) is 0 Å². The molecule has 0 aliphatic carbocycles. The van der Waals surface area contributed by atoms with Crippen molar-refractivity contribution >= 4 is 21.6 Å². The molecule has 2 N–H and O–H groups in total. The molecular weight excluding hydrogens is 256 g/mol. The molecule has 96 valence electrons. The summed E-state index contributed by atoms with van der Waals surface area (Å²) in [6, 6.07) is 16.2. The summed E-state index contributed by atoms with van der Waals surface area (Å²) in [5.74, 6) is 0.807. The highest BCUT2D eigenvalue weighted by molar-refractivity contribution is 7.21. The number of nitrogens with zero attached hydrogens (tertiary/aromatic N) is 1. The Morgan fingerprint density at radius 1 is 1.05 bits per heavy atom. The lowest BCUT2D eigenvalue weighted by atomic mass is 10.2. The van der Waals surface area contributed by atoms with Crippen LogP contribution in [0, 0.1) is 0 Å². The van der Waals surface area contributed by atoms with Gasteiger partial charge in [0.1, 0.15) is 22.9 Å². The Morgan fingerprint density at radius 2 is 1.89 bits per heavy atom. The second-order valence-corrected chi connectivity index (χ2v) is 5.16. The van der Waals surface area contributed by atoms with Gasteiger partial charge in [0, 0.05) is 12.1 Å². The number of hydrogen-bond acceptors (Lipinski definition) is 4. The molecule has 0 saturated heterocycles. The molecule has 4 heteroatoms. The van der Waals surface area contributed by atoms with Crippen LogP contribution in [0.15, 0.2) is 48.5 Å². The maximum atomic E-state index is 5.64. The van der Waals surface area contributed by atoms with Crippen molar-refractivity contribution in [1.29, 1.82) is 0 Å². The minimum Gasteiger partial charge on any atom is -0.490 e. The fourth-order valence-electron chi connectivity index (χ4n) is 1.91. The second-order valence-electron chi connectivity index (χ2n) is 4.13. The molecule has 2 aromatic carbocycles. The van der Waals surface area contributed by atoms with Gasteiger partial charge in [-0.1, -0.05) is 36.4 Å². The zero-order valence-corrected chi connectivity index (χ0v) is 11.2.